The van der Waals surface area contributed by atoms with Crippen LogP contribution in [0.3, 0.4) is 0 Å². The highest BCUT2D eigenvalue weighted by Crippen LogP contribution is 2.11. The number of nitrogens with two attached hydrogens (primary N) is 1. The SMILES string of the molecule is CCCC(C)(N)C(=O)N(C)CC. The smallest absolute Gasteiger partial charge is 0.242 e. The lowest BCUT2D eigenvalue weighted by Crippen LogP contribution is -2.51. The Labute approximate surface area is 74.9 Å². The minimum Gasteiger partial charge on any atom is -0.344 e. The molecule has 0 aliphatic rings. The van der Waals surface area contributed by atoms with Gasteiger partial charge in [-0.3, -0.25) is 4.79 Å². The highest BCUT2D eigenvalue weighted by atomic mass is 16.2. The van der Waals surface area contributed by atoms with Crippen molar-refractivity contribution in [2.75, 3.05) is 13.6 Å². The summed E-state index contributed by atoms with van der Waals surface area (Å²) in [5, 5.41) is 0. The van der Waals surface area contributed by atoms with Crippen LogP contribution < -0.4 is 5.73 Å². The van der Waals surface area contributed by atoms with Crippen molar-refractivity contribution in [1.29, 1.82) is 0 Å². The van der Waals surface area contributed by atoms with Gasteiger partial charge in [0.05, 0.1) is 5.54 Å². The maximum atomic E-state index is 11.6. The van der Waals surface area contributed by atoms with E-state index in [1.165, 1.54) is 0 Å². The quantitative estimate of drug-likeness (QED) is 0.687. The second kappa shape index (κ2) is 4.45. The molecule has 0 radical (unpaired) electrons. The lowest BCUT2D eigenvalue weighted by molar-refractivity contribution is -0.135. The van der Waals surface area contributed by atoms with Crippen LogP contribution in [0.1, 0.15) is 33.6 Å². The zero-order chi connectivity index (χ0) is 9.78. The predicted octanol–water partition coefficient (Wildman–Crippen LogP) is 0.982. The third-order valence-electron chi connectivity index (χ3n) is 2.08. The standard InChI is InChI=1S/C9H20N2O/c1-5-7-9(3,10)8(12)11(4)6-2/h5-7,10H2,1-4H3. The van der Waals surface area contributed by atoms with E-state index in [0.717, 1.165) is 19.4 Å². The van der Waals surface area contributed by atoms with Crippen molar-refractivity contribution in [2.45, 2.75) is 39.2 Å². The molecule has 12 heavy (non-hydrogen) atoms. The molecule has 0 aliphatic carbocycles. The van der Waals surface area contributed by atoms with Gasteiger partial charge in [0.1, 0.15) is 0 Å². The normalized spacial score (nSPS) is 15.4. The maximum absolute atomic E-state index is 11.6. The summed E-state index contributed by atoms with van der Waals surface area (Å²) in [6.07, 6.45) is 1.69. The summed E-state index contributed by atoms with van der Waals surface area (Å²) in [5.74, 6) is 0.0341. The molecule has 72 valence electrons. The first-order valence-electron chi connectivity index (χ1n) is 4.50. The molecule has 1 atom stereocenters. The monoisotopic (exact) mass is 172 g/mol. The van der Waals surface area contributed by atoms with E-state index >= 15 is 0 Å². The Bertz CT molecular complexity index is 155. The van der Waals surface area contributed by atoms with E-state index in [1.807, 2.05) is 13.8 Å². The average molecular weight is 172 g/mol. The number of likely N-dealkylation sites (N-methyl/N-ethyl adjacent to an activating group) is 1. The molecule has 1 amide bonds. The van der Waals surface area contributed by atoms with Crippen LogP contribution in [-0.4, -0.2) is 29.9 Å². The molecule has 0 aromatic heterocycles. The number of carbonyl (C=O) groups excluding carboxylic acids is 1. The summed E-state index contributed by atoms with van der Waals surface area (Å²) in [6, 6.07) is 0. The number of nitrogens with zero attached hydrogens (tertiary/aromatic N) is 1. The minimum atomic E-state index is -0.681. The molecule has 0 aromatic rings. The van der Waals surface area contributed by atoms with Gasteiger partial charge in [-0.05, 0) is 20.3 Å². The Kier molecular flexibility index (Phi) is 4.24. The van der Waals surface area contributed by atoms with Crippen LogP contribution in [0.5, 0.6) is 0 Å². The van der Waals surface area contributed by atoms with E-state index in [-0.39, 0.29) is 5.91 Å². The second-order valence-corrected chi connectivity index (χ2v) is 3.49. The fourth-order valence-electron chi connectivity index (χ4n) is 1.21. The van der Waals surface area contributed by atoms with E-state index in [2.05, 4.69) is 0 Å². The number of carbonyl (C=O) groups is 1. The Hall–Kier alpha value is -0.570. The summed E-state index contributed by atoms with van der Waals surface area (Å²) in [6.45, 7) is 6.49. The topological polar surface area (TPSA) is 46.3 Å². The average Bonchev–Trinajstić information content (AvgIpc) is 2.01. The van der Waals surface area contributed by atoms with Gasteiger partial charge >= 0.3 is 0 Å². The van der Waals surface area contributed by atoms with Crippen molar-refractivity contribution in [1.82, 2.24) is 4.90 Å². The molecule has 2 N–H and O–H groups in total. The third kappa shape index (κ3) is 2.81. The molecule has 1 unspecified atom stereocenters. The molecular weight excluding hydrogens is 152 g/mol. The number of amides is 1. The first kappa shape index (κ1) is 11.4. The molecule has 0 saturated carbocycles. The Morgan fingerprint density at radius 3 is 2.33 bits per heavy atom. The zero-order valence-electron chi connectivity index (χ0n) is 8.55. The van der Waals surface area contributed by atoms with Gasteiger partial charge in [0, 0.05) is 13.6 Å². The molecule has 0 saturated heterocycles. The van der Waals surface area contributed by atoms with Crippen molar-refractivity contribution in [3.63, 3.8) is 0 Å². The van der Waals surface area contributed by atoms with Crippen LogP contribution in [0.4, 0.5) is 0 Å². The first-order chi connectivity index (χ1) is 5.45. The zero-order valence-corrected chi connectivity index (χ0v) is 8.55. The molecule has 0 fully saturated rings. The highest BCUT2D eigenvalue weighted by molar-refractivity contribution is 5.85. The van der Waals surface area contributed by atoms with Crippen molar-refractivity contribution >= 4 is 5.91 Å². The third-order valence-corrected chi connectivity index (χ3v) is 2.08. The van der Waals surface area contributed by atoms with E-state index in [9.17, 15) is 4.79 Å². The summed E-state index contributed by atoms with van der Waals surface area (Å²) in [4.78, 5) is 13.2. The van der Waals surface area contributed by atoms with Gasteiger partial charge in [-0.15, -0.1) is 0 Å². The first-order valence-corrected chi connectivity index (χ1v) is 4.50. The summed E-state index contributed by atoms with van der Waals surface area (Å²) >= 11 is 0. The summed E-state index contributed by atoms with van der Waals surface area (Å²) in [7, 11) is 1.78. The number of hydrogen-bond donors (Lipinski definition) is 1. The Balaban J connectivity index is 4.24. The molecule has 0 aromatic carbocycles. The predicted molar refractivity (Wildman–Crippen MR) is 50.8 cm³/mol. The lowest BCUT2D eigenvalue weighted by atomic mass is 9.96. The van der Waals surface area contributed by atoms with Crippen LogP contribution >= 0.6 is 0 Å². The van der Waals surface area contributed by atoms with Gasteiger partial charge in [0.15, 0.2) is 0 Å². The fourth-order valence-corrected chi connectivity index (χ4v) is 1.21. The molecule has 3 heteroatoms. The maximum Gasteiger partial charge on any atom is 0.242 e. The fraction of sp³-hybridized carbons (Fsp3) is 0.889. The van der Waals surface area contributed by atoms with E-state index in [0.29, 0.717) is 0 Å². The van der Waals surface area contributed by atoms with Crippen molar-refractivity contribution in [3.8, 4) is 0 Å². The van der Waals surface area contributed by atoms with Crippen molar-refractivity contribution < 1.29 is 4.79 Å². The van der Waals surface area contributed by atoms with Gasteiger partial charge < -0.3 is 10.6 Å². The Morgan fingerprint density at radius 2 is 2.00 bits per heavy atom. The molecule has 0 rings (SSSR count). The summed E-state index contributed by atoms with van der Waals surface area (Å²) in [5.41, 5.74) is 5.18. The lowest BCUT2D eigenvalue weighted by Gasteiger charge is -2.28. The van der Waals surface area contributed by atoms with Crippen LogP contribution in [0.15, 0.2) is 0 Å². The molecule has 0 heterocycles. The number of rotatable bonds is 4. The minimum absolute atomic E-state index is 0.0341. The Morgan fingerprint density at radius 1 is 1.50 bits per heavy atom. The van der Waals surface area contributed by atoms with E-state index in [4.69, 9.17) is 5.73 Å². The van der Waals surface area contributed by atoms with Gasteiger partial charge in [-0.25, -0.2) is 0 Å². The molecule has 0 spiro atoms. The second-order valence-electron chi connectivity index (χ2n) is 3.49. The van der Waals surface area contributed by atoms with E-state index in [1.54, 1.807) is 18.9 Å². The van der Waals surface area contributed by atoms with Crippen LogP contribution in [-0.2, 0) is 4.79 Å². The van der Waals surface area contributed by atoms with Gasteiger partial charge in [0.2, 0.25) is 5.91 Å². The van der Waals surface area contributed by atoms with Crippen molar-refractivity contribution in [2.24, 2.45) is 5.73 Å². The van der Waals surface area contributed by atoms with Gasteiger partial charge in [0.25, 0.3) is 0 Å². The van der Waals surface area contributed by atoms with Crippen molar-refractivity contribution in [3.05, 3.63) is 0 Å². The van der Waals surface area contributed by atoms with Gasteiger partial charge in [-0.2, -0.15) is 0 Å². The van der Waals surface area contributed by atoms with Gasteiger partial charge in [-0.1, -0.05) is 13.3 Å². The number of hydrogen-bond acceptors (Lipinski definition) is 2. The largest absolute Gasteiger partial charge is 0.344 e. The highest BCUT2D eigenvalue weighted by Gasteiger charge is 2.29. The van der Waals surface area contributed by atoms with E-state index < -0.39 is 5.54 Å². The molecule has 0 bridgehead atoms. The molecule has 0 aliphatic heterocycles. The molecule has 3 nitrogen and oxygen atoms in total. The van der Waals surface area contributed by atoms with Crippen LogP contribution in [0.25, 0.3) is 0 Å². The van der Waals surface area contributed by atoms with Crippen LogP contribution in [0.2, 0.25) is 0 Å². The summed E-state index contributed by atoms with van der Waals surface area (Å²) < 4.78 is 0. The van der Waals surface area contributed by atoms with Crippen LogP contribution in [0, 0.1) is 0 Å². The molecular formula is C9H20N2O.